The van der Waals surface area contributed by atoms with Crippen LogP contribution in [-0.4, -0.2) is 212 Å². The number of phosphoric acid groups is 1. The smallest absolute Gasteiger partial charge is 0.472 e. The molecule has 8 aliphatic heterocycles. The van der Waals surface area contributed by atoms with E-state index in [0.29, 0.717) is 67.9 Å². The van der Waals surface area contributed by atoms with Crippen LogP contribution < -0.4 is 47.4 Å². The fourth-order valence-corrected chi connectivity index (χ4v) is 14.6. The zero-order chi connectivity index (χ0) is 67.8. The van der Waals surface area contributed by atoms with E-state index < -0.39 is 156 Å². The topological polar surface area (TPSA) is 393 Å². The fourth-order valence-electron chi connectivity index (χ4n) is 14.1. The molecule has 10 aliphatic rings. The Morgan fingerprint density at radius 1 is 0.479 bits per heavy atom. The van der Waals surface area contributed by atoms with E-state index in [4.69, 9.17) is 109 Å². The maximum atomic E-state index is 13.6. The van der Waals surface area contributed by atoms with Crippen molar-refractivity contribution in [3.63, 3.8) is 0 Å². The number of phosphoric ester groups is 1. The minimum absolute atomic E-state index is 0.0102. The molecular weight excluding hydrogens is 1320 g/mol. The molecule has 524 valence electrons. The normalized spacial score (nSPS) is 33.7. The van der Waals surface area contributed by atoms with E-state index in [0.717, 1.165) is 0 Å². The van der Waals surface area contributed by atoms with Crippen LogP contribution in [0.2, 0.25) is 0 Å². The Kier molecular flexibility index (Phi) is 19.5. The molecule has 2 aliphatic carbocycles. The number of aliphatic hydroxyl groups excluding tert-OH is 4. The molecule has 4 aromatic rings. The lowest BCUT2D eigenvalue weighted by Gasteiger charge is -2.47. The minimum Gasteiger partial charge on any atom is -0.493 e. The van der Waals surface area contributed by atoms with Gasteiger partial charge in [0, 0.05) is 37.0 Å². The van der Waals surface area contributed by atoms with Gasteiger partial charge in [-0.15, -0.1) is 0 Å². The van der Waals surface area contributed by atoms with Crippen molar-refractivity contribution in [1.29, 1.82) is 0 Å². The first-order valence-corrected chi connectivity index (χ1v) is 34.7. The quantitative estimate of drug-likeness (QED) is 0.0471. The van der Waals surface area contributed by atoms with Gasteiger partial charge in [-0.25, -0.2) is 9.09 Å². The van der Waals surface area contributed by atoms with Gasteiger partial charge in [0.25, 0.3) is 0 Å². The fraction of sp³-hybridized carbons (Fsp3) is 0.581. The number of hydrogen-bond donors (Lipinski definition) is 6. The lowest BCUT2D eigenvalue weighted by Crippen LogP contribution is -2.63. The van der Waals surface area contributed by atoms with E-state index in [1.165, 1.54) is 41.8 Å². The van der Waals surface area contributed by atoms with Crippen molar-refractivity contribution in [1.82, 2.24) is 0 Å². The maximum absolute atomic E-state index is 13.6. The summed E-state index contributed by atoms with van der Waals surface area (Å²) in [5, 5.41) is 44.2. The summed E-state index contributed by atoms with van der Waals surface area (Å²) in [5.74, 6) is -1.94. The summed E-state index contributed by atoms with van der Waals surface area (Å²) in [6.07, 6.45) is -14.1. The highest BCUT2D eigenvalue weighted by molar-refractivity contribution is 7.57. The second-order valence-electron chi connectivity index (χ2n) is 24.5. The molecule has 4 aromatic carbocycles. The average molecular weight is 1390 g/mol. The second kappa shape index (κ2) is 27.4. The van der Waals surface area contributed by atoms with Crippen LogP contribution in [0.5, 0.6) is 57.5 Å². The Bertz CT molecular complexity index is 3370. The van der Waals surface area contributed by atoms with Crippen molar-refractivity contribution in [2.75, 3.05) is 95.4 Å². The van der Waals surface area contributed by atoms with E-state index in [-0.39, 0.29) is 69.8 Å². The number of esters is 2. The Hall–Kier alpha value is -6.36. The number of fused-ring (bicyclic) bond motifs is 8. The van der Waals surface area contributed by atoms with Crippen LogP contribution in [0, 0.1) is 23.7 Å². The third kappa shape index (κ3) is 13.2. The molecule has 0 saturated carbocycles. The second-order valence-corrected chi connectivity index (χ2v) is 28.5. The molecule has 6 N–H and O–H groups in total. The Balaban J connectivity index is 0.000000174. The predicted octanol–water partition coefficient (Wildman–Crippen LogP) is 3.60. The first kappa shape index (κ1) is 68.2. The van der Waals surface area contributed by atoms with Crippen LogP contribution in [-0.2, 0) is 75.1 Å². The number of cyclic esters (lactones) is 2. The van der Waals surface area contributed by atoms with E-state index in [9.17, 15) is 39.1 Å². The summed E-state index contributed by atoms with van der Waals surface area (Å²) in [6, 6.07) is 13.8. The predicted molar refractivity (Wildman–Crippen MR) is 318 cm³/mol. The SMILES string of the molecule is COc1cc(C2c3cc4c(cc3C(OC3O[C@@H]5COC(C)OC5C(O)C3O)[C@H]3COC(=O)[C@H]23)OCO4)cc(OC)c1OCOP(=O)(O)O.COc1cc(C2c3cc4c(cc3C(OC3O[C@@H]5COC(C)OC5C(O)C3O)[C@H]3COC(=O)[C@H]23)OCO4)cc(OC)c1OCOP(C)(C)=O. The molecule has 6 fully saturated rings. The molecule has 32 nitrogen and oxygen atoms in total. The molecule has 14 unspecified atom stereocenters. The van der Waals surface area contributed by atoms with E-state index in [1.807, 2.05) is 6.07 Å². The Labute approximate surface area is 548 Å². The van der Waals surface area contributed by atoms with Crippen LogP contribution in [0.1, 0.15) is 71.3 Å². The monoisotopic (exact) mass is 1390 g/mol. The van der Waals surface area contributed by atoms with E-state index in [1.54, 1.807) is 56.3 Å². The molecule has 14 rings (SSSR count). The van der Waals surface area contributed by atoms with Crippen LogP contribution in [0.3, 0.4) is 0 Å². The van der Waals surface area contributed by atoms with Gasteiger partial charge in [-0.05, 0) is 95.8 Å². The molecule has 0 spiro atoms. The average Bonchev–Trinajstić information content (AvgIpc) is 1.40. The summed E-state index contributed by atoms with van der Waals surface area (Å²) in [7, 11) is -1.96. The van der Waals surface area contributed by atoms with Gasteiger partial charge in [0.2, 0.25) is 31.9 Å². The van der Waals surface area contributed by atoms with Crippen molar-refractivity contribution in [3.8, 4) is 57.5 Å². The molecular formula is C62H74O32P2. The zero-order valence-electron chi connectivity index (χ0n) is 53.0. The number of rotatable bonds is 18. The lowest BCUT2D eigenvalue weighted by atomic mass is 9.66. The molecule has 34 heteroatoms. The highest BCUT2D eigenvalue weighted by atomic mass is 31.2. The molecule has 0 bridgehead atoms. The van der Waals surface area contributed by atoms with Crippen molar-refractivity contribution in [3.05, 3.63) is 81.9 Å². The number of carbonyl (C=O) groups is 2. The number of ether oxygens (including phenoxy) is 20. The van der Waals surface area contributed by atoms with Gasteiger partial charge in [-0.2, -0.15) is 0 Å². The number of methoxy groups -OCH3 is 4. The van der Waals surface area contributed by atoms with Crippen LogP contribution in [0.25, 0.3) is 0 Å². The highest BCUT2D eigenvalue weighted by Gasteiger charge is 2.59. The van der Waals surface area contributed by atoms with Crippen LogP contribution in [0.4, 0.5) is 0 Å². The van der Waals surface area contributed by atoms with Crippen molar-refractivity contribution < 1.29 is 153 Å². The molecule has 8 heterocycles. The van der Waals surface area contributed by atoms with Gasteiger partial charge in [0.1, 0.15) is 48.8 Å². The molecule has 20 atom stereocenters. The third-order valence-electron chi connectivity index (χ3n) is 18.4. The van der Waals surface area contributed by atoms with Gasteiger partial charge < -0.3 is 125 Å². The molecule has 0 aromatic heterocycles. The van der Waals surface area contributed by atoms with Crippen molar-refractivity contribution in [2.24, 2.45) is 23.7 Å². The minimum atomic E-state index is -4.82. The summed E-state index contributed by atoms with van der Waals surface area (Å²) in [6.45, 7) is 5.49. The van der Waals surface area contributed by atoms with Gasteiger partial charge in [-0.1, -0.05) is 0 Å². The Morgan fingerprint density at radius 3 is 1.20 bits per heavy atom. The van der Waals surface area contributed by atoms with E-state index in [2.05, 4.69) is 4.52 Å². The van der Waals surface area contributed by atoms with Gasteiger partial charge >= 0.3 is 19.8 Å². The first-order valence-electron chi connectivity index (χ1n) is 30.7. The number of aliphatic hydroxyl groups is 4. The number of carbonyl (C=O) groups excluding carboxylic acids is 2. The number of benzene rings is 4. The summed E-state index contributed by atoms with van der Waals surface area (Å²) in [5.41, 5.74) is 3.78. The van der Waals surface area contributed by atoms with Gasteiger partial charge in [0.15, 0.2) is 85.3 Å². The Morgan fingerprint density at radius 2 is 0.844 bits per heavy atom. The summed E-state index contributed by atoms with van der Waals surface area (Å²) in [4.78, 5) is 45.3. The zero-order valence-corrected chi connectivity index (χ0v) is 54.8. The molecule has 0 radical (unpaired) electrons. The maximum Gasteiger partial charge on any atom is 0.472 e. The first-order chi connectivity index (χ1) is 45.9. The molecule has 96 heavy (non-hydrogen) atoms. The lowest BCUT2D eigenvalue weighted by molar-refractivity contribution is -0.364. The third-order valence-corrected chi connectivity index (χ3v) is 19.6. The molecule has 0 amide bonds. The van der Waals surface area contributed by atoms with Gasteiger partial charge in [0.05, 0.1) is 78.9 Å². The summed E-state index contributed by atoms with van der Waals surface area (Å²) >= 11 is 0. The van der Waals surface area contributed by atoms with Crippen LogP contribution >= 0.6 is 15.2 Å². The van der Waals surface area contributed by atoms with Gasteiger partial charge in [-0.3, -0.25) is 18.7 Å². The standard InChI is InChI=1S/C32H39O15P.C30H35O17P/c1-14-39-11-23-30(45-14)26(33)27(34)32(46-23)47-28-17-9-20-19(41-12-42-20)8-16(17)24(25-18(28)10-40-31(25)35)15-6-21(37-2)29(22(7-15)38-3)43-13-44-48(4,5)36;1-12-39-9-21-28(45-12)24(31)25(32)30(46-21)47-26-15-7-18-17(41-10-42-18)6-14(15)22(23-16(26)8-40-29(23)33)13-4-19(37-2)27(20(5-13)38-3)43-11-44-48(34,35)36/h6-9,14,18,23-28,30,32-34H,10-13H2,1-5H3;4-7,12,16,21-26,28,30-32H,8-11H2,1-3H3,(H2,34,35,36)/t14?,18-,23+,24?,25-,26?,27?,28?,30?,32?;12?,16-,21+,22?,23-,24?,25?,26?,28?,30?/m00/s1. The van der Waals surface area contributed by atoms with Crippen molar-refractivity contribution >= 4 is 27.1 Å². The van der Waals surface area contributed by atoms with Crippen molar-refractivity contribution in [2.45, 2.75) is 112 Å². The van der Waals surface area contributed by atoms with Crippen LogP contribution in [0.15, 0.2) is 48.5 Å². The largest absolute Gasteiger partial charge is 0.493 e. The highest BCUT2D eigenvalue weighted by Crippen LogP contribution is 2.60. The summed E-state index contributed by atoms with van der Waals surface area (Å²) < 4.78 is 149. The van der Waals surface area contributed by atoms with E-state index >= 15 is 0 Å². The molecule has 6 saturated heterocycles. The number of hydrogen-bond acceptors (Lipinski definition) is 30.